The van der Waals surface area contributed by atoms with E-state index in [0.717, 1.165) is 12.5 Å². The molecule has 0 bridgehead atoms. The van der Waals surface area contributed by atoms with Gasteiger partial charge in [-0.3, -0.25) is 0 Å². The molecule has 21 heavy (non-hydrogen) atoms. The summed E-state index contributed by atoms with van der Waals surface area (Å²) >= 11 is 3.86. The number of rotatable bonds is 7. The number of thiophene rings is 2. The molecule has 114 valence electrons. The van der Waals surface area contributed by atoms with Crippen molar-refractivity contribution in [3.8, 4) is 0 Å². The Morgan fingerprint density at radius 1 is 1.29 bits per heavy atom. The van der Waals surface area contributed by atoms with Crippen molar-refractivity contribution in [1.29, 1.82) is 0 Å². The van der Waals surface area contributed by atoms with Crippen molar-refractivity contribution in [2.45, 2.75) is 57.4 Å². The first-order chi connectivity index (χ1) is 10.4. The predicted molar refractivity (Wildman–Crippen MR) is 94.7 cm³/mol. The molecule has 2 atom stereocenters. The summed E-state index contributed by atoms with van der Waals surface area (Å²) in [6.45, 7) is 3.41. The number of hydrogen-bond acceptors (Lipinski definition) is 3. The molecule has 3 rings (SSSR count). The maximum atomic E-state index is 3.84. The minimum atomic E-state index is 0.640. The molecule has 1 aliphatic carbocycles. The minimum absolute atomic E-state index is 0.640. The third kappa shape index (κ3) is 3.77. The summed E-state index contributed by atoms with van der Waals surface area (Å²) in [4.78, 5) is 3.17. The Balaban J connectivity index is 1.70. The SMILES string of the molecule is CCCNC(CCc1cccs1)C1CCCc2sccc21. The van der Waals surface area contributed by atoms with Crippen LogP contribution in [0.25, 0.3) is 0 Å². The Morgan fingerprint density at radius 2 is 2.24 bits per heavy atom. The second-order valence-electron chi connectivity index (χ2n) is 5.98. The summed E-state index contributed by atoms with van der Waals surface area (Å²) in [5, 5.41) is 8.33. The number of nitrogens with one attached hydrogen (secondary N) is 1. The average Bonchev–Trinajstić information content (AvgIpc) is 3.18. The van der Waals surface area contributed by atoms with Gasteiger partial charge in [0.05, 0.1) is 0 Å². The van der Waals surface area contributed by atoms with Gasteiger partial charge in [-0.05, 0) is 73.5 Å². The quantitative estimate of drug-likeness (QED) is 0.737. The molecule has 1 nitrogen and oxygen atoms in total. The molecule has 0 radical (unpaired) electrons. The van der Waals surface area contributed by atoms with Gasteiger partial charge >= 0.3 is 0 Å². The molecule has 1 aliphatic rings. The van der Waals surface area contributed by atoms with Crippen molar-refractivity contribution in [2.75, 3.05) is 6.54 Å². The maximum absolute atomic E-state index is 3.84. The molecule has 0 saturated heterocycles. The lowest BCUT2D eigenvalue weighted by Gasteiger charge is -2.31. The molecule has 2 heterocycles. The van der Waals surface area contributed by atoms with Crippen LogP contribution in [0.15, 0.2) is 29.0 Å². The standard InChI is InChI=1S/C18H25NS2/c1-2-11-19-17(9-8-14-5-4-12-20-14)15-6-3-7-18-16(15)10-13-21-18/h4-5,10,12-13,15,17,19H,2-3,6-9,11H2,1H3. The van der Waals surface area contributed by atoms with Gasteiger partial charge in [0.2, 0.25) is 0 Å². The third-order valence-corrected chi connectivity index (χ3v) is 6.46. The summed E-state index contributed by atoms with van der Waals surface area (Å²) in [6.07, 6.45) is 7.72. The van der Waals surface area contributed by atoms with Gasteiger partial charge in [0.25, 0.3) is 0 Å². The number of aryl methyl sites for hydroxylation is 2. The van der Waals surface area contributed by atoms with Crippen molar-refractivity contribution in [3.05, 3.63) is 44.3 Å². The van der Waals surface area contributed by atoms with E-state index in [0.29, 0.717) is 6.04 Å². The Labute approximate surface area is 136 Å². The van der Waals surface area contributed by atoms with Crippen LogP contribution in [-0.2, 0) is 12.8 Å². The maximum Gasteiger partial charge on any atom is 0.0140 e. The van der Waals surface area contributed by atoms with Crippen LogP contribution in [0.3, 0.4) is 0 Å². The van der Waals surface area contributed by atoms with Crippen molar-refractivity contribution in [3.63, 3.8) is 0 Å². The van der Waals surface area contributed by atoms with Crippen molar-refractivity contribution in [1.82, 2.24) is 5.32 Å². The average molecular weight is 320 g/mol. The third-order valence-electron chi connectivity index (χ3n) is 4.52. The van der Waals surface area contributed by atoms with Crippen molar-refractivity contribution >= 4 is 22.7 Å². The summed E-state index contributed by atoms with van der Waals surface area (Å²) in [5.41, 5.74) is 1.64. The van der Waals surface area contributed by atoms with Gasteiger partial charge in [0.1, 0.15) is 0 Å². The monoisotopic (exact) mass is 319 g/mol. The highest BCUT2D eigenvalue weighted by Gasteiger charge is 2.28. The molecule has 0 fully saturated rings. The van der Waals surface area contributed by atoms with Crippen LogP contribution in [0.1, 0.15) is 53.8 Å². The van der Waals surface area contributed by atoms with Crippen LogP contribution in [-0.4, -0.2) is 12.6 Å². The normalized spacial score (nSPS) is 19.4. The Morgan fingerprint density at radius 3 is 3.05 bits per heavy atom. The largest absolute Gasteiger partial charge is 0.313 e. The highest BCUT2D eigenvalue weighted by molar-refractivity contribution is 7.10. The molecular formula is C18H25NS2. The van der Waals surface area contributed by atoms with Gasteiger partial charge < -0.3 is 5.32 Å². The number of fused-ring (bicyclic) bond motifs is 1. The summed E-state index contributed by atoms with van der Waals surface area (Å²) in [5.74, 6) is 0.728. The Bertz CT molecular complexity index is 529. The fraction of sp³-hybridized carbons (Fsp3) is 0.556. The second kappa shape index (κ2) is 7.57. The van der Waals surface area contributed by atoms with Gasteiger partial charge in [-0.1, -0.05) is 13.0 Å². The van der Waals surface area contributed by atoms with Crippen molar-refractivity contribution in [2.24, 2.45) is 0 Å². The number of hydrogen-bond donors (Lipinski definition) is 1. The van der Waals surface area contributed by atoms with E-state index in [4.69, 9.17) is 0 Å². The molecule has 0 saturated carbocycles. The molecule has 2 aromatic heterocycles. The summed E-state index contributed by atoms with van der Waals surface area (Å²) in [6, 6.07) is 7.47. The van der Waals surface area contributed by atoms with E-state index in [1.54, 1.807) is 10.4 Å². The Hall–Kier alpha value is -0.640. The first-order valence-corrected chi connectivity index (χ1v) is 9.96. The lowest BCUT2D eigenvalue weighted by molar-refractivity contribution is 0.376. The molecule has 0 spiro atoms. The zero-order valence-corrected chi connectivity index (χ0v) is 14.4. The van der Waals surface area contributed by atoms with Crippen LogP contribution < -0.4 is 5.32 Å². The van der Waals surface area contributed by atoms with E-state index >= 15 is 0 Å². The fourth-order valence-corrected chi connectivity index (χ4v) is 5.19. The van der Waals surface area contributed by atoms with Gasteiger partial charge in [0.15, 0.2) is 0 Å². The van der Waals surface area contributed by atoms with E-state index < -0.39 is 0 Å². The zero-order chi connectivity index (χ0) is 14.5. The van der Waals surface area contributed by atoms with Gasteiger partial charge in [0, 0.05) is 21.7 Å². The highest BCUT2D eigenvalue weighted by Crippen LogP contribution is 2.38. The van der Waals surface area contributed by atoms with Crippen LogP contribution >= 0.6 is 22.7 Å². The van der Waals surface area contributed by atoms with Crippen molar-refractivity contribution < 1.29 is 0 Å². The lowest BCUT2D eigenvalue weighted by Crippen LogP contribution is -2.37. The highest BCUT2D eigenvalue weighted by atomic mass is 32.1. The van der Waals surface area contributed by atoms with E-state index in [9.17, 15) is 0 Å². The van der Waals surface area contributed by atoms with Gasteiger partial charge in [-0.2, -0.15) is 0 Å². The summed E-state index contributed by atoms with van der Waals surface area (Å²) < 4.78 is 0. The smallest absolute Gasteiger partial charge is 0.0140 e. The van der Waals surface area contributed by atoms with Crippen LogP contribution in [0.4, 0.5) is 0 Å². The minimum Gasteiger partial charge on any atom is -0.313 e. The second-order valence-corrected chi connectivity index (χ2v) is 8.01. The van der Waals surface area contributed by atoms with E-state index in [2.05, 4.69) is 41.2 Å². The van der Waals surface area contributed by atoms with Crippen LogP contribution in [0, 0.1) is 0 Å². The molecule has 1 N–H and O–H groups in total. The first kappa shape index (κ1) is 15.3. The molecule has 0 aromatic carbocycles. The molecule has 2 unspecified atom stereocenters. The van der Waals surface area contributed by atoms with Gasteiger partial charge in [-0.15, -0.1) is 22.7 Å². The fourth-order valence-electron chi connectivity index (χ4n) is 3.47. The predicted octanol–water partition coefficient (Wildman–Crippen LogP) is 5.23. The van der Waals surface area contributed by atoms with E-state index in [-0.39, 0.29) is 0 Å². The Kier molecular flexibility index (Phi) is 5.50. The van der Waals surface area contributed by atoms with Gasteiger partial charge in [-0.25, -0.2) is 0 Å². The molecular weight excluding hydrogens is 294 g/mol. The molecule has 2 aromatic rings. The lowest BCUT2D eigenvalue weighted by atomic mass is 9.80. The zero-order valence-electron chi connectivity index (χ0n) is 12.8. The molecule has 0 amide bonds. The van der Waals surface area contributed by atoms with E-state index in [1.807, 2.05) is 22.7 Å². The first-order valence-electron chi connectivity index (χ1n) is 8.20. The topological polar surface area (TPSA) is 12.0 Å². The van der Waals surface area contributed by atoms with Crippen LogP contribution in [0.5, 0.6) is 0 Å². The van der Waals surface area contributed by atoms with E-state index in [1.165, 1.54) is 43.4 Å². The molecule has 0 aliphatic heterocycles. The summed E-state index contributed by atoms with van der Waals surface area (Å²) in [7, 11) is 0. The molecule has 3 heteroatoms. The van der Waals surface area contributed by atoms with Crippen LogP contribution in [0.2, 0.25) is 0 Å².